The number of fused-ring (bicyclic) bond motifs is 22. The Labute approximate surface area is 443 Å². The number of benzene rings is 10. The van der Waals surface area contributed by atoms with Crippen LogP contribution in [0.25, 0.3) is 72.0 Å². The molecule has 2 aromatic heterocycles. The van der Waals surface area contributed by atoms with Gasteiger partial charge in [-0.15, -0.1) is 0 Å². The summed E-state index contributed by atoms with van der Waals surface area (Å²) in [6.45, 7) is 0. The fourth-order valence-electron chi connectivity index (χ4n) is 12.6. The second-order valence-electron chi connectivity index (χ2n) is 18.8. The Morgan fingerprint density at radius 3 is 1.32 bits per heavy atom. The molecule has 0 radical (unpaired) electrons. The Balaban J connectivity index is 0.000000115. The standard InChI is InChI=1S/C33H20BrN.C25H14BrI.C8H7N/c34-22-13-15-26-27-16-14-23(35-18-17-21-7-1-6-12-32(21)35)20-31(27)33(30(26)19-22)28-10-4-2-8-24(28)25-9-3-5-11-29(25)33;26-15-9-11-19-20-12-10-16(27)14-24(20)25(23(19)13-15)21-7-3-1-5-17(21)18-6-2-4-8-22(18)25;1-2-4-8-7(3-1)5-6-9-8/h1-20H;1-14H;1-6,9H. The molecule has 0 amide bonds. The van der Waals surface area contributed by atoms with Crippen molar-refractivity contribution in [2.45, 2.75) is 10.8 Å². The predicted octanol–water partition coefficient (Wildman–Crippen LogP) is 18.3. The molecule has 10 aromatic carbocycles. The van der Waals surface area contributed by atoms with E-state index in [1.165, 1.54) is 120 Å². The van der Waals surface area contributed by atoms with E-state index in [0.29, 0.717) is 0 Å². The van der Waals surface area contributed by atoms with Crippen LogP contribution < -0.4 is 0 Å². The van der Waals surface area contributed by atoms with Gasteiger partial charge in [-0.25, -0.2) is 0 Å². The Morgan fingerprint density at radius 2 is 0.775 bits per heavy atom. The Kier molecular flexibility index (Phi) is 9.97. The van der Waals surface area contributed by atoms with Crippen LogP contribution in [0.15, 0.2) is 252 Å². The third kappa shape index (κ3) is 6.22. The van der Waals surface area contributed by atoms with Gasteiger partial charge in [-0.1, -0.05) is 190 Å². The van der Waals surface area contributed by atoms with Crippen LogP contribution >= 0.6 is 54.5 Å². The molecule has 2 heterocycles. The maximum absolute atomic E-state index is 3.79. The van der Waals surface area contributed by atoms with Crippen LogP contribution in [0, 0.1) is 3.57 Å². The van der Waals surface area contributed by atoms with Gasteiger partial charge < -0.3 is 9.55 Å². The minimum atomic E-state index is -0.333. The van der Waals surface area contributed by atoms with E-state index >= 15 is 0 Å². The van der Waals surface area contributed by atoms with E-state index < -0.39 is 0 Å². The second-order valence-corrected chi connectivity index (χ2v) is 21.9. The molecule has 2 nitrogen and oxygen atoms in total. The first kappa shape index (κ1) is 42.8. The molecule has 0 saturated carbocycles. The smallest absolute Gasteiger partial charge is 0.0726 e. The molecule has 16 rings (SSSR count). The van der Waals surface area contributed by atoms with Crippen LogP contribution in [-0.2, 0) is 10.8 Å². The lowest BCUT2D eigenvalue weighted by Crippen LogP contribution is -2.26. The molecule has 12 aromatic rings. The van der Waals surface area contributed by atoms with Crippen molar-refractivity contribution in [3.05, 3.63) is 300 Å². The highest BCUT2D eigenvalue weighted by molar-refractivity contribution is 14.1. The van der Waals surface area contributed by atoms with E-state index in [-0.39, 0.29) is 10.8 Å². The minimum absolute atomic E-state index is 0.233. The van der Waals surface area contributed by atoms with E-state index in [2.05, 4.69) is 289 Å². The number of nitrogens with one attached hydrogen (secondary N) is 1. The monoisotopic (exact) mass is 1150 g/mol. The van der Waals surface area contributed by atoms with Crippen LogP contribution in [0.5, 0.6) is 0 Å². The zero-order chi connectivity index (χ0) is 47.4. The number of nitrogens with zero attached hydrogens (tertiary/aromatic N) is 1. The number of para-hydroxylation sites is 2. The van der Waals surface area contributed by atoms with Gasteiger partial charge in [0.25, 0.3) is 0 Å². The molecule has 2 spiro atoms. The summed E-state index contributed by atoms with van der Waals surface area (Å²) in [7, 11) is 0. The first-order chi connectivity index (χ1) is 34.9. The number of hydrogen-bond acceptors (Lipinski definition) is 0. The summed E-state index contributed by atoms with van der Waals surface area (Å²) in [6.07, 6.45) is 4.14. The summed E-state index contributed by atoms with van der Waals surface area (Å²) in [5.74, 6) is 0. The lowest BCUT2D eigenvalue weighted by atomic mass is 9.70. The first-order valence-corrected chi connectivity index (χ1v) is 26.6. The van der Waals surface area contributed by atoms with Crippen molar-refractivity contribution in [3.8, 4) is 50.2 Å². The summed E-state index contributed by atoms with van der Waals surface area (Å²) in [4.78, 5) is 3.12. The summed E-state index contributed by atoms with van der Waals surface area (Å²) in [5.41, 5.74) is 24.8. The number of H-pyrrole nitrogens is 1. The normalized spacial score (nSPS) is 13.8. The van der Waals surface area contributed by atoms with Crippen molar-refractivity contribution < 1.29 is 0 Å². The van der Waals surface area contributed by atoms with Crippen molar-refractivity contribution >= 4 is 76.3 Å². The second kappa shape index (κ2) is 16.5. The largest absolute Gasteiger partial charge is 0.361 e. The molecule has 336 valence electrons. The van der Waals surface area contributed by atoms with Crippen LogP contribution in [0.2, 0.25) is 0 Å². The van der Waals surface area contributed by atoms with Crippen LogP contribution in [-0.4, -0.2) is 9.55 Å². The molecule has 71 heavy (non-hydrogen) atoms. The van der Waals surface area contributed by atoms with Gasteiger partial charge in [-0.2, -0.15) is 0 Å². The van der Waals surface area contributed by atoms with E-state index in [9.17, 15) is 0 Å². The van der Waals surface area contributed by atoms with Gasteiger partial charge in [0.2, 0.25) is 0 Å². The Morgan fingerprint density at radius 1 is 0.352 bits per heavy atom. The van der Waals surface area contributed by atoms with Gasteiger partial charge >= 0.3 is 0 Å². The maximum atomic E-state index is 3.79. The third-order valence-electron chi connectivity index (χ3n) is 15.4. The zero-order valence-electron chi connectivity index (χ0n) is 38.2. The number of hydrogen-bond donors (Lipinski definition) is 1. The van der Waals surface area contributed by atoms with Gasteiger partial charge in [0.1, 0.15) is 0 Å². The summed E-state index contributed by atoms with van der Waals surface area (Å²) < 4.78 is 5.83. The van der Waals surface area contributed by atoms with E-state index in [0.717, 1.165) is 8.95 Å². The molecule has 5 heteroatoms. The average molecular weight is 1150 g/mol. The van der Waals surface area contributed by atoms with E-state index in [1.807, 2.05) is 18.3 Å². The fourth-order valence-corrected chi connectivity index (χ4v) is 13.8. The number of halogens is 3. The van der Waals surface area contributed by atoms with Gasteiger partial charge in [0.05, 0.1) is 16.3 Å². The average Bonchev–Trinajstić information content (AvgIpc) is 4.27. The number of aromatic nitrogens is 2. The molecule has 0 unspecified atom stereocenters. The van der Waals surface area contributed by atoms with Crippen LogP contribution in [0.3, 0.4) is 0 Å². The number of aromatic amines is 1. The lowest BCUT2D eigenvalue weighted by molar-refractivity contribution is 0.791. The molecule has 0 aliphatic heterocycles. The summed E-state index contributed by atoms with van der Waals surface area (Å²) in [5, 5.41) is 2.53. The highest BCUT2D eigenvalue weighted by atomic mass is 127. The Bertz CT molecular complexity index is 3960. The van der Waals surface area contributed by atoms with Crippen LogP contribution in [0.1, 0.15) is 44.5 Å². The molecule has 0 saturated heterocycles. The van der Waals surface area contributed by atoms with Gasteiger partial charge in [0.15, 0.2) is 0 Å². The third-order valence-corrected chi connectivity index (χ3v) is 17.0. The molecular formula is C66H41Br2IN2. The quantitative estimate of drug-likeness (QED) is 0.158. The van der Waals surface area contributed by atoms with E-state index in [4.69, 9.17) is 0 Å². The van der Waals surface area contributed by atoms with Crippen molar-refractivity contribution in [2.24, 2.45) is 0 Å². The molecule has 0 bridgehead atoms. The SMILES string of the molecule is Brc1ccc2c(c1)C1(c3ccccc3-c3ccccc31)c1cc(-n3ccc4ccccc43)ccc1-2.Brc1ccc2c(c1)C1(c3ccccc3-c3ccccc31)c1cc(I)ccc1-2.c1ccc2[nH]ccc2c1. The lowest BCUT2D eigenvalue weighted by Gasteiger charge is -2.31. The van der Waals surface area contributed by atoms with Crippen molar-refractivity contribution in [1.82, 2.24) is 9.55 Å². The minimum Gasteiger partial charge on any atom is -0.361 e. The molecular weight excluding hydrogens is 1110 g/mol. The highest BCUT2D eigenvalue weighted by Gasteiger charge is 2.53. The molecule has 1 N–H and O–H groups in total. The molecule has 0 fully saturated rings. The van der Waals surface area contributed by atoms with Crippen molar-refractivity contribution in [2.75, 3.05) is 0 Å². The van der Waals surface area contributed by atoms with Gasteiger partial charge in [0, 0.05) is 36.1 Å². The predicted molar refractivity (Wildman–Crippen MR) is 309 cm³/mol. The summed E-state index contributed by atoms with van der Waals surface area (Å²) in [6, 6.07) is 84.2. The maximum Gasteiger partial charge on any atom is 0.0726 e. The highest BCUT2D eigenvalue weighted by Crippen LogP contribution is 2.65. The van der Waals surface area contributed by atoms with Gasteiger partial charge in [-0.3, -0.25) is 0 Å². The summed E-state index contributed by atoms with van der Waals surface area (Å²) >= 11 is 9.96. The molecule has 4 aliphatic carbocycles. The fraction of sp³-hybridized carbons (Fsp3) is 0.0303. The molecule has 4 aliphatic rings. The van der Waals surface area contributed by atoms with E-state index in [1.54, 1.807) is 0 Å². The van der Waals surface area contributed by atoms with Gasteiger partial charge in [-0.05, 0) is 195 Å². The molecule has 0 atom stereocenters. The topological polar surface area (TPSA) is 20.7 Å². The Hall–Kier alpha value is -7.03. The zero-order valence-corrected chi connectivity index (χ0v) is 43.5. The van der Waals surface area contributed by atoms with Crippen molar-refractivity contribution in [1.29, 1.82) is 0 Å². The van der Waals surface area contributed by atoms with Crippen molar-refractivity contribution in [3.63, 3.8) is 0 Å². The number of rotatable bonds is 1. The van der Waals surface area contributed by atoms with Crippen LogP contribution in [0.4, 0.5) is 0 Å². The first-order valence-electron chi connectivity index (χ1n) is 24.0.